The minimum absolute atomic E-state index is 0.0395. The van der Waals surface area contributed by atoms with Crippen molar-refractivity contribution < 1.29 is 123 Å². The maximum Gasteiger partial charge on any atom is 0.187 e. The van der Waals surface area contributed by atoms with E-state index in [4.69, 9.17) is 123 Å². The summed E-state index contributed by atoms with van der Waals surface area (Å²) in [5, 5.41) is 2.15. The smallest absolute Gasteiger partial charge is 0.187 e. The quantitative estimate of drug-likeness (QED) is 0.193. The first-order valence-corrected chi connectivity index (χ1v) is 34.2. The Bertz CT molecular complexity index is 2300. The number of hydrogen-bond acceptors (Lipinski definition) is 26. The zero-order chi connectivity index (χ0) is 63.3. The fourth-order valence-electron chi connectivity index (χ4n) is 14.8. The van der Waals surface area contributed by atoms with Gasteiger partial charge in [-0.2, -0.15) is 0 Å². The van der Waals surface area contributed by atoms with Crippen LogP contribution in [0.15, 0.2) is 60.7 Å². The van der Waals surface area contributed by atoms with Gasteiger partial charge in [-0.25, -0.2) is 0 Å². The van der Waals surface area contributed by atoms with Crippen molar-refractivity contribution in [2.75, 3.05) is 137 Å². The normalized spacial score (nSPS) is 46.6. The van der Waals surface area contributed by atoms with Gasteiger partial charge < -0.3 is 123 Å². The van der Waals surface area contributed by atoms with Crippen LogP contribution in [0.1, 0.15) is 0 Å². The van der Waals surface area contributed by atoms with Crippen LogP contribution in [0.25, 0.3) is 0 Å². The van der Waals surface area contributed by atoms with Gasteiger partial charge in [0.1, 0.15) is 122 Å². The first-order chi connectivity index (χ1) is 44.0. The second-order valence-electron chi connectivity index (χ2n) is 23.7. The fraction of sp³-hybridized carbons (Fsp3) is 0.806. The molecule has 12 aliphatic rings. The van der Waals surface area contributed by atoms with E-state index >= 15 is 0 Å². The summed E-state index contributed by atoms with van der Waals surface area (Å²) in [5.41, 5.74) is 0. The van der Waals surface area contributed by atoms with E-state index in [1.165, 1.54) is 0 Å². The van der Waals surface area contributed by atoms with Crippen molar-refractivity contribution in [1.82, 2.24) is 0 Å². The highest BCUT2D eigenvalue weighted by Gasteiger charge is 2.62. The summed E-state index contributed by atoms with van der Waals surface area (Å²) in [6.45, 7) is 0.0791. The number of hydrogen-bond donors (Lipinski definition) is 0. The summed E-state index contributed by atoms with van der Waals surface area (Å²) in [4.78, 5) is 0. The largest absolute Gasteiger partial charge is 0.382 e. The highest BCUT2D eigenvalue weighted by atomic mass is 31.1. The predicted molar refractivity (Wildman–Crippen MR) is 320 cm³/mol. The lowest BCUT2D eigenvalue weighted by atomic mass is 9.94. The third-order valence-electron chi connectivity index (χ3n) is 19.1. The van der Waals surface area contributed by atoms with E-state index in [1.54, 1.807) is 99.5 Å². The van der Waals surface area contributed by atoms with Crippen LogP contribution >= 0.6 is 15.8 Å². The van der Waals surface area contributed by atoms with E-state index in [1.807, 2.05) is 36.4 Å². The Morgan fingerprint density at radius 3 is 0.700 bits per heavy atom. The Balaban J connectivity index is 1.06. The fourth-order valence-corrected chi connectivity index (χ4v) is 20.1. The van der Waals surface area contributed by atoms with Crippen molar-refractivity contribution in [2.24, 2.45) is 0 Å². The molecule has 2 aromatic rings. The molecule has 12 aliphatic heterocycles. The molecule has 12 bridgehead atoms. The van der Waals surface area contributed by atoms with Gasteiger partial charge in [0, 0.05) is 124 Å². The third-order valence-corrected chi connectivity index (χ3v) is 24.3. The van der Waals surface area contributed by atoms with Gasteiger partial charge in [0.2, 0.25) is 0 Å². The van der Waals surface area contributed by atoms with Crippen molar-refractivity contribution in [2.45, 2.75) is 184 Å². The first-order valence-electron chi connectivity index (χ1n) is 30.8. The van der Waals surface area contributed by atoms with E-state index in [-0.39, 0.29) is 13.2 Å². The molecule has 12 heterocycles. The highest BCUT2D eigenvalue weighted by molar-refractivity contribution is 7.66. The Kier molecular flexibility index (Phi) is 24.8. The van der Waals surface area contributed by atoms with Gasteiger partial charge >= 0.3 is 0 Å². The van der Waals surface area contributed by atoms with Crippen molar-refractivity contribution in [3.05, 3.63) is 60.7 Å². The molecular formula is C62H94O26P2. The molecule has 0 amide bonds. The molecule has 0 aliphatic carbocycles. The molecule has 2 aromatic carbocycles. The van der Waals surface area contributed by atoms with Gasteiger partial charge in [0.25, 0.3) is 0 Å². The summed E-state index contributed by atoms with van der Waals surface area (Å²) >= 11 is 0. The summed E-state index contributed by atoms with van der Waals surface area (Å²) in [5.74, 6) is 0. The molecule has 90 heavy (non-hydrogen) atoms. The number of fused-ring (bicyclic) bond motifs is 2. The summed E-state index contributed by atoms with van der Waals surface area (Å²) < 4.78 is 176. The number of benzene rings is 2. The van der Waals surface area contributed by atoms with Gasteiger partial charge in [-0.05, 0) is 10.6 Å². The Morgan fingerprint density at radius 1 is 0.267 bits per heavy atom. The molecule has 28 heteroatoms. The van der Waals surface area contributed by atoms with Crippen molar-refractivity contribution in [1.29, 1.82) is 0 Å². The van der Waals surface area contributed by atoms with E-state index in [0.717, 1.165) is 10.6 Å². The topological polar surface area (TPSA) is 240 Å². The Hall–Kier alpha value is -1.74. The standard InChI is InChI=1S/C62H94O26P2/c1-63-25-33-39-45(65-3)51(71-9)57(77-33)85-41-35-27-89(31-21-17-15-18-22-31)30-38-44(88-61(81-35)55(75-13)47(41)67-5)50(70-8)54(74-12)60(80-38)84-40-34(26-64-2)78-58(52(72-10)46(40)66-4)86-42-36-28-90(32-23-19-16-20-24-32)29-37-43(49(69-7)53(73-11)59(79-37)83-39)87-62(82-36)56(76-14)48(42)68-6/h15-24,33-62H,25-30H2,1-14H3/t33-,34-,35-,36-,37-,38-,39+,40+,41-,42-,43-,44-,45-,46-,47-,48-,49-,50-,51-,52-,53-,54-,55-,56-,57-,58-,59+,60+,61+,62+,89?,90?/m1/s1. The van der Waals surface area contributed by atoms with Crippen LogP contribution in [0.5, 0.6) is 0 Å². The second-order valence-corrected chi connectivity index (χ2v) is 28.3. The molecule has 32 atom stereocenters. The van der Waals surface area contributed by atoms with Crippen LogP contribution in [0.4, 0.5) is 0 Å². The van der Waals surface area contributed by atoms with Crippen LogP contribution in [0.3, 0.4) is 0 Å². The molecule has 12 saturated heterocycles. The van der Waals surface area contributed by atoms with Gasteiger partial charge in [0.15, 0.2) is 37.7 Å². The summed E-state index contributed by atoms with van der Waals surface area (Å²) in [6.07, 6.45) is -24.8. The minimum Gasteiger partial charge on any atom is -0.382 e. The molecule has 12 fully saturated rings. The van der Waals surface area contributed by atoms with Crippen molar-refractivity contribution >= 4 is 26.5 Å². The predicted octanol–water partition coefficient (Wildman–Crippen LogP) is 1.78. The maximum absolute atomic E-state index is 7.32. The molecule has 0 aromatic heterocycles. The van der Waals surface area contributed by atoms with Gasteiger partial charge in [-0.15, -0.1) is 0 Å². The van der Waals surface area contributed by atoms with E-state index < -0.39 is 200 Å². The van der Waals surface area contributed by atoms with Gasteiger partial charge in [-0.1, -0.05) is 76.5 Å². The summed E-state index contributed by atoms with van der Waals surface area (Å²) in [7, 11) is 19.9. The lowest BCUT2D eigenvalue weighted by Gasteiger charge is -2.52. The van der Waals surface area contributed by atoms with Crippen molar-refractivity contribution in [3.8, 4) is 0 Å². The number of rotatable bonds is 18. The minimum atomic E-state index is -1.20. The molecule has 0 N–H and O–H groups in total. The van der Waals surface area contributed by atoms with Gasteiger partial charge in [-0.3, -0.25) is 0 Å². The lowest BCUT2D eigenvalue weighted by Crippen LogP contribution is -2.69. The summed E-state index contributed by atoms with van der Waals surface area (Å²) in [6, 6.07) is 20.5. The van der Waals surface area contributed by atoms with Crippen LogP contribution in [-0.2, 0) is 123 Å². The highest BCUT2D eigenvalue weighted by Crippen LogP contribution is 2.50. The molecule has 0 spiro atoms. The van der Waals surface area contributed by atoms with E-state index in [0.29, 0.717) is 24.6 Å². The maximum atomic E-state index is 7.32. The average molecular weight is 1320 g/mol. The molecule has 0 radical (unpaired) electrons. The monoisotopic (exact) mass is 1320 g/mol. The number of methoxy groups -OCH3 is 14. The number of ether oxygens (including phenoxy) is 26. The molecule has 508 valence electrons. The average Bonchev–Trinajstić information content (AvgIpc) is 1.41. The van der Waals surface area contributed by atoms with Crippen LogP contribution in [0, 0.1) is 0 Å². The lowest BCUT2D eigenvalue weighted by molar-refractivity contribution is -0.404. The zero-order valence-electron chi connectivity index (χ0n) is 53.8. The van der Waals surface area contributed by atoms with Crippen molar-refractivity contribution in [3.63, 3.8) is 0 Å². The van der Waals surface area contributed by atoms with Crippen LogP contribution in [0.2, 0.25) is 0 Å². The second kappa shape index (κ2) is 32.1. The molecule has 14 rings (SSSR count). The molecule has 26 nitrogen and oxygen atoms in total. The van der Waals surface area contributed by atoms with E-state index in [2.05, 4.69) is 24.3 Å². The molecule has 0 saturated carbocycles. The van der Waals surface area contributed by atoms with Crippen LogP contribution in [-0.4, -0.2) is 322 Å². The van der Waals surface area contributed by atoms with E-state index in [9.17, 15) is 0 Å². The molecular weight excluding hydrogens is 1220 g/mol. The Labute approximate surface area is 530 Å². The molecule has 2 unspecified atom stereocenters. The third kappa shape index (κ3) is 13.9. The SMILES string of the molecule is COC[C@H]1O[C@@H]2O[C@H]3[C@@H](OC)[C@@H](OC)[C@@H]4O[C@H]5[C@@H](OC)[C@@H](OC)[C@H](O[C@@H]6[C@@H](OC)[C@@H](OC)[C@@H](O[C@H]7[C@@H](OC)[C@@H](OC)[C@@H]8O[C@H]9[C@@H](OC)[C@@H](OC)[C@H](O[C@@H]1[C@@H](OC)[C@H]2OC)O[C@@H]9CP(c1ccccc1)C[C@H]7O8)O[C@@H]6COC)O[C@@H]5CP(c1ccccc1)C[C@H]3O4. The zero-order valence-corrected chi connectivity index (χ0v) is 55.6. The Morgan fingerprint density at radius 2 is 0.478 bits per heavy atom. The van der Waals surface area contributed by atoms with Gasteiger partial charge in [0.05, 0.1) is 37.6 Å². The van der Waals surface area contributed by atoms with Crippen LogP contribution < -0.4 is 10.6 Å². The first kappa shape index (κ1) is 69.6.